The molecule has 1 aromatic heterocycles. The van der Waals surface area contributed by atoms with Gasteiger partial charge in [0.2, 0.25) is 5.82 Å². The Labute approximate surface area is 92.5 Å². The third-order valence-electron chi connectivity index (χ3n) is 2.35. The Morgan fingerprint density at radius 3 is 2.50 bits per heavy atom. The zero-order valence-electron chi connectivity index (χ0n) is 8.83. The van der Waals surface area contributed by atoms with Gasteiger partial charge in [0, 0.05) is 11.6 Å². The number of aliphatic hydroxyl groups excluding tert-OH is 1. The quantitative estimate of drug-likeness (QED) is 0.686. The van der Waals surface area contributed by atoms with Crippen molar-refractivity contribution in [1.29, 1.82) is 0 Å². The lowest BCUT2D eigenvalue weighted by Gasteiger charge is -2.14. The minimum atomic E-state index is -0.653. The monoisotopic (exact) mass is 219 g/mol. The fraction of sp³-hybridized carbons (Fsp3) is 0.300. The fourth-order valence-electron chi connectivity index (χ4n) is 1.42. The Kier molecular flexibility index (Phi) is 2.93. The number of hydrogen-bond acceptors (Lipinski definition) is 5. The molecule has 0 amide bonds. The van der Waals surface area contributed by atoms with Crippen LogP contribution in [-0.4, -0.2) is 31.8 Å². The Bertz CT molecular complexity index is 437. The molecule has 84 valence electrons. The Balaban J connectivity index is 2.23. The Morgan fingerprint density at radius 2 is 2.00 bits per heavy atom. The van der Waals surface area contributed by atoms with E-state index in [0.29, 0.717) is 5.82 Å². The summed E-state index contributed by atoms with van der Waals surface area (Å²) < 4.78 is 0. The molecule has 2 unspecified atom stereocenters. The summed E-state index contributed by atoms with van der Waals surface area (Å²) in [4.78, 5) is 0. The standard InChI is InChI=1S/C10H13N5O/c1-6(11)9(16)7-2-4-8(5-3-7)10-12-14-15-13-10/h2-6,9,16H,11H2,1H3,(H,12,13,14,15). The van der Waals surface area contributed by atoms with Crippen LogP contribution in [0, 0.1) is 0 Å². The van der Waals surface area contributed by atoms with Crippen LogP contribution in [0.4, 0.5) is 0 Å². The Hall–Kier alpha value is -1.79. The van der Waals surface area contributed by atoms with Gasteiger partial charge in [0.1, 0.15) is 0 Å². The maximum absolute atomic E-state index is 9.74. The van der Waals surface area contributed by atoms with Crippen molar-refractivity contribution in [1.82, 2.24) is 20.6 Å². The van der Waals surface area contributed by atoms with Gasteiger partial charge in [-0.05, 0) is 17.7 Å². The van der Waals surface area contributed by atoms with Crippen LogP contribution in [0.5, 0.6) is 0 Å². The summed E-state index contributed by atoms with van der Waals surface area (Å²) in [5, 5.41) is 23.3. The second kappa shape index (κ2) is 4.38. The Morgan fingerprint density at radius 1 is 1.31 bits per heavy atom. The first-order chi connectivity index (χ1) is 7.68. The van der Waals surface area contributed by atoms with Crippen LogP contribution < -0.4 is 5.73 Å². The summed E-state index contributed by atoms with van der Waals surface area (Å²) in [6.45, 7) is 1.76. The van der Waals surface area contributed by atoms with Crippen molar-refractivity contribution in [3.63, 3.8) is 0 Å². The van der Waals surface area contributed by atoms with Gasteiger partial charge in [0.15, 0.2) is 0 Å². The number of H-pyrrole nitrogens is 1. The van der Waals surface area contributed by atoms with Crippen molar-refractivity contribution in [2.75, 3.05) is 0 Å². The summed E-state index contributed by atoms with van der Waals surface area (Å²) in [6.07, 6.45) is -0.653. The van der Waals surface area contributed by atoms with E-state index < -0.39 is 6.10 Å². The lowest BCUT2D eigenvalue weighted by atomic mass is 10.0. The van der Waals surface area contributed by atoms with E-state index in [1.807, 2.05) is 12.1 Å². The second-order valence-electron chi connectivity index (χ2n) is 3.66. The van der Waals surface area contributed by atoms with Crippen LogP contribution in [0.15, 0.2) is 24.3 Å². The molecule has 4 N–H and O–H groups in total. The van der Waals surface area contributed by atoms with E-state index in [1.165, 1.54) is 0 Å². The van der Waals surface area contributed by atoms with E-state index in [1.54, 1.807) is 19.1 Å². The molecular weight excluding hydrogens is 206 g/mol. The molecule has 0 spiro atoms. The van der Waals surface area contributed by atoms with E-state index in [0.717, 1.165) is 11.1 Å². The van der Waals surface area contributed by atoms with Gasteiger partial charge in [-0.2, -0.15) is 5.21 Å². The molecule has 0 fully saturated rings. The predicted octanol–water partition coefficient (Wildman–Crippen LogP) is 0.247. The van der Waals surface area contributed by atoms with Gasteiger partial charge in [-0.15, -0.1) is 10.2 Å². The molecule has 6 nitrogen and oxygen atoms in total. The number of hydrogen-bond donors (Lipinski definition) is 3. The largest absolute Gasteiger partial charge is 0.387 e. The molecule has 6 heteroatoms. The highest BCUT2D eigenvalue weighted by atomic mass is 16.3. The maximum Gasteiger partial charge on any atom is 0.204 e. The van der Waals surface area contributed by atoms with Crippen LogP contribution in [0.2, 0.25) is 0 Å². The molecule has 0 saturated carbocycles. The number of aliphatic hydroxyl groups is 1. The molecule has 16 heavy (non-hydrogen) atoms. The summed E-state index contributed by atoms with van der Waals surface area (Å²) in [5.41, 5.74) is 7.23. The van der Waals surface area contributed by atoms with Gasteiger partial charge in [-0.3, -0.25) is 0 Å². The smallest absolute Gasteiger partial charge is 0.204 e. The van der Waals surface area contributed by atoms with Crippen LogP contribution in [-0.2, 0) is 0 Å². The third-order valence-corrected chi connectivity index (χ3v) is 2.35. The molecule has 0 aliphatic rings. The van der Waals surface area contributed by atoms with Crippen molar-refractivity contribution in [3.05, 3.63) is 29.8 Å². The molecule has 0 saturated heterocycles. The maximum atomic E-state index is 9.74. The molecule has 0 aliphatic carbocycles. The van der Waals surface area contributed by atoms with E-state index in [4.69, 9.17) is 5.73 Å². The minimum Gasteiger partial charge on any atom is -0.387 e. The van der Waals surface area contributed by atoms with Crippen LogP contribution in [0.25, 0.3) is 11.4 Å². The first kappa shape index (κ1) is 10.7. The lowest BCUT2D eigenvalue weighted by Crippen LogP contribution is -2.24. The average Bonchev–Trinajstić information content (AvgIpc) is 2.81. The van der Waals surface area contributed by atoms with Gasteiger partial charge in [-0.1, -0.05) is 24.3 Å². The summed E-state index contributed by atoms with van der Waals surface area (Å²) >= 11 is 0. The van der Waals surface area contributed by atoms with Gasteiger partial charge < -0.3 is 10.8 Å². The zero-order chi connectivity index (χ0) is 11.5. The number of aromatic amines is 1. The van der Waals surface area contributed by atoms with Crippen LogP contribution in [0.1, 0.15) is 18.6 Å². The molecule has 2 atom stereocenters. The lowest BCUT2D eigenvalue weighted by molar-refractivity contribution is 0.153. The number of tetrazole rings is 1. The molecule has 1 heterocycles. The first-order valence-electron chi connectivity index (χ1n) is 4.96. The topological polar surface area (TPSA) is 101 Å². The summed E-state index contributed by atoms with van der Waals surface area (Å²) in [5.74, 6) is 0.529. The second-order valence-corrected chi connectivity index (χ2v) is 3.66. The van der Waals surface area contributed by atoms with E-state index >= 15 is 0 Å². The van der Waals surface area contributed by atoms with Gasteiger partial charge >= 0.3 is 0 Å². The van der Waals surface area contributed by atoms with Crippen molar-refractivity contribution < 1.29 is 5.11 Å². The molecular formula is C10H13N5O. The number of nitrogens with two attached hydrogens (primary N) is 1. The highest BCUT2D eigenvalue weighted by molar-refractivity contribution is 5.54. The molecule has 0 radical (unpaired) electrons. The van der Waals surface area contributed by atoms with Crippen LogP contribution in [0.3, 0.4) is 0 Å². The molecule has 2 rings (SSSR count). The summed E-state index contributed by atoms with van der Waals surface area (Å²) in [7, 11) is 0. The first-order valence-corrected chi connectivity index (χ1v) is 4.96. The molecule has 0 bridgehead atoms. The van der Waals surface area contributed by atoms with Crippen molar-refractivity contribution in [3.8, 4) is 11.4 Å². The normalized spacial score (nSPS) is 14.7. The zero-order valence-corrected chi connectivity index (χ0v) is 8.83. The van der Waals surface area contributed by atoms with E-state index in [2.05, 4.69) is 20.6 Å². The van der Waals surface area contributed by atoms with Crippen molar-refractivity contribution in [2.45, 2.75) is 19.1 Å². The van der Waals surface area contributed by atoms with Gasteiger partial charge in [0.05, 0.1) is 6.10 Å². The fourth-order valence-corrected chi connectivity index (χ4v) is 1.42. The number of benzene rings is 1. The number of nitrogens with one attached hydrogen (secondary N) is 1. The average molecular weight is 219 g/mol. The van der Waals surface area contributed by atoms with E-state index in [-0.39, 0.29) is 6.04 Å². The molecule has 1 aromatic carbocycles. The van der Waals surface area contributed by atoms with Gasteiger partial charge in [0.25, 0.3) is 0 Å². The van der Waals surface area contributed by atoms with Crippen molar-refractivity contribution >= 4 is 0 Å². The molecule has 0 aliphatic heterocycles. The van der Waals surface area contributed by atoms with E-state index in [9.17, 15) is 5.11 Å². The highest BCUT2D eigenvalue weighted by Crippen LogP contribution is 2.19. The SMILES string of the molecule is CC(N)C(O)c1ccc(-c2nn[nH]n2)cc1. The predicted molar refractivity (Wildman–Crippen MR) is 58.2 cm³/mol. The number of rotatable bonds is 3. The van der Waals surface area contributed by atoms with Crippen molar-refractivity contribution in [2.24, 2.45) is 5.73 Å². The highest BCUT2D eigenvalue weighted by Gasteiger charge is 2.12. The summed E-state index contributed by atoms with van der Waals surface area (Å²) in [6, 6.07) is 6.97. The van der Waals surface area contributed by atoms with Gasteiger partial charge in [-0.25, -0.2) is 0 Å². The van der Waals surface area contributed by atoms with Crippen LogP contribution >= 0.6 is 0 Å². The minimum absolute atomic E-state index is 0.295. The number of nitrogens with zero attached hydrogens (tertiary/aromatic N) is 3. The third kappa shape index (κ3) is 2.07. The number of aromatic nitrogens is 4. The molecule has 2 aromatic rings.